The lowest BCUT2D eigenvalue weighted by Crippen LogP contribution is -2.45. The molecule has 146 valence electrons. The van der Waals surface area contributed by atoms with E-state index in [0.717, 1.165) is 34.9 Å². The van der Waals surface area contributed by atoms with Gasteiger partial charge in [-0.1, -0.05) is 61.5 Å². The van der Waals surface area contributed by atoms with E-state index in [1.807, 2.05) is 48.5 Å². The van der Waals surface area contributed by atoms with Crippen LogP contribution in [-0.2, 0) is 11.3 Å². The van der Waals surface area contributed by atoms with Crippen molar-refractivity contribution in [3.8, 4) is 0 Å². The number of halogens is 1. The number of aromatic amines is 1. The van der Waals surface area contributed by atoms with E-state index in [-0.39, 0.29) is 5.91 Å². The third-order valence-electron chi connectivity index (χ3n) is 4.94. The summed E-state index contributed by atoms with van der Waals surface area (Å²) in [6.45, 7) is 4.17. The van der Waals surface area contributed by atoms with Crippen molar-refractivity contribution in [3.05, 3.63) is 76.6 Å². The van der Waals surface area contributed by atoms with Crippen molar-refractivity contribution < 1.29 is 4.79 Å². The van der Waals surface area contributed by atoms with Crippen LogP contribution in [0.15, 0.2) is 60.0 Å². The van der Waals surface area contributed by atoms with Gasteiger partial charge in [0.2, 0.25) is 0 Å². The summed E-state index contributed by atoms with van der Waals surface area (Å²) in [7, 11) is 0. The Bertz CT molecular complexity index is 891. The summed E-state index contributed by atoms with van der Waals surface area (Å²) in [5.74, 6) is 0.684. The van der Waals surface area contributed by atoms with Gasteiger partial charge in [0.25, 0.3) is 5.91 Å². The number of thioether (sulfide) groups is 1. The van der Waals surface area contributed by atoms with E-state index in [4.69, 9.17) is 11.6 Å². The highest BCUT2D eigenvalue weighted by Gasteiger charge is 2.30. The molecule has 3 rings (SSSR count). The Morgan fingerprint density at radius 2 is 1.79 bits per heavy atom. The van der Waals surface area contributed by atoms with Gasteiger partial charge in [-0.25, -0.2) is 4.98 Å². The van der Waals surface area contributed by atoms with Crippen LogP contribution in [-0.4, -0.2) is 21.1 Å². The van der Waals surface area contributed by atoms with E-state index in [1.54, 1.807) is 11.8 Å². The molecule has 0 radical (unpaired) electrons. The summed E-state index contributed by atoms with van der Waals surface area (Å²) >= 11 is 7.59. The van der Waals surface area contributed by atoms with Gasteiger partial charge in [-0.3, -0.25) is 9.89 Å². The minimum absolute atomic E-state index is 0.0758. The molecule has 0 atom stereocenters. The lowest BCUT2D eigenvalue weighted by molar-refractivity contribution is 0.0889. The molecule has 0 saturated carbocycles. The van der Waals surface area contributed by atoms with E-state index in [2.05, 4.69) is 34.3 Å². The van der Waals surface area contributed by atoms with Crippen LogP contribution in [0.3, 0.4) is 0 Å². The summed E-state index contributed by atoms with van der Waals surface area (Å²) in [4.78, 5) is 17.0. The first-order chi connectivity index (χ1) is 13.6. The summed E-state index contributed by atoms with van der Waals surface area (Å²) in [6, 6.07) is 15.4. The topological polar surface area (TPSA) is 70.7 Å². The van der Waals surface area contributed by atoms with Crippen molar-refractivity contribution in [1.82, 2.24) is 20.5 Å². The molecule has 28 heavy (non-hydrogen) atoms. The van der Waals surface area contributed by atoms with Crippen LogP contribution < -0.4 is 5.32 Å². The summed E-state index contributed by atoms with van der Waals surface area (Å²) in [6.07, 6.45) is 3.08. The van der Waals surface area contributed by atoms with Crippen LogP contribution in [0.2, 0.25) is 5.02 Å². The standard InChI is InChI=1S/C21H23ClN4OS/c1-3-21(4-2,17-9-11-18(22)12-10-17)25-19(27)16-7-5-15(6-8-16)13-28-20-23-14-24-26-20/h5-12,14H,3-4,13H2,1-2H3,(H,25,27)(H,23,24,26). The Morgan fingerprint density at radius 3 is 2.36 bits per heavy atom. The number of amides is 1. The quantitative estimate of drug-likeness (QED) is 0.497. The predicted molar refractivity (Wildman–Crippen MR) is 114 cm³/mol. The van der Waals surface area contributed by atoms with E-state index >= 15 is 0 Å². The molecule has 0 aliphatic rings. The van der Waals surface area contributed by atoms with Gasteiger partial charge in [-0.2, -0.15) is 5.10 Å². The zero-order valence-electron chi connectivity index (χ0n) is 15.9. The minimum Gasteiger partial charge on any atom is -0.343 e. The van der Waals surface area contributed by atoms with Gasteiger partial charge in [-0.05, 0) is 48.2 Å². The molecule has 0 saturated heterocycles. The van der Waals surface area contributed by atoms with E-state index in [9.17, 15) is 4.79 Å². The van der Waals surface area contributed by atoms with Crippen LogP contribution in [0.1, 0.15) is 48.2 Å². The van der Waals surface area contributed by atoms with E-state index < -0.39 is 5.54 Å². The Morgan fingerprint density at radius 1 is 1.11 bits per heavy atom. The lowest BCUT2D eigenvalue weighted by Gasteiger charge is -2.33. The molecule has 0 bridgehead atoms. The number of carbonyl (C=O) groups excluding carboxylic acids is 1. The first-order valence-electron chi connectivity index (χ1n) is 9.22. The van der Waals surface area contributed by atoms with Crippen molar-refractivity contribution in [2.75, 3.05) is 0 Å². The normalized spacial score (nSPS) is 11.4. The van der Waals surface area contributed by atoms with Crippen LogP contribution in [0, 0.1) is 0 Å². The lowest BCUT2D eigenvalue weighted by atomic mass is 9.84. The highest BCUT2D eigenvalue weighted by Crippen LogP contribution is 2.30. The van der Waals surface area contributed by atoms with Crippen molar-refractivity contribution in [3.63, 3.8) is 0 Å². The SMILES string of the molecule is CCC(CC)(NC(=O)c1ccc(CSc2ncn[nH]2)cc1)c1ccc(Cl)cc1. The number of nitrogens with zero attached hydrogens (tertiary/aromatic N) is 2. The fourth-order valence-electron chi connectivity index (χ4n) is 3.13. The van der Waals surface area contributed by atoms with Crippen LogP contribution in [0.25, 0.3) is 0 Å². The number of aromatic nitrogens is 3. The maximum Gasteiger partial charge on any atom is 0.251 e. The monoisotopic (exact) mass is 414 g/mol. The maximum absolute atomic E-state index is 12.9. The number of hydrogen-bond acceptors (Lipinski definition) is 4. The molecule has 0 aliphatic heterocycles. The van der Waals surface area contributed by atoms with Crippen LogP contribution >= 0.6 is 23.4 Å². The maximum atomic E-state index is 12.9. The van der Waals surface area contributed by atoms with E-state index in [0.29, 0.717) is 10.6 Å². The van der Waals surface area contributed by atoms with Gasteiger partial charge in [0.05, 0.1) is 5.54 Å². The molecule has 0 aliphatic carbocycles. The van der Waals surface area contributed by atoms with Gasteiger partial charge in [0.15, 0.2) is 5.16 Å². The Hall–Kier alpha value is -2.31. The number of H-pyrrole nitrogens is 1. The molecule has 1 heterocycles. The number of nitrogens with one attached hydrogen (secondary N) is 2. The summed E-state index contributed by atoms with van der Waals surface area (Å²) in [5, 5.41) is 11.4. The highest BCUT2D eigenvalue weighted by molar-refractivity contribution is 7.98. The number of rotatable bonds is 8. The molecule has 3 aromatic rings. The predicted octanol–water partition coefficient (Wildman–Crippen LogP) is 5.20. The van der Waals surface area contributed by atoms with Crippen LogP contribution in [0.4, 0.5) is 0 Å². The molecule has 7 heteroatoms. The molecule has 2 aromatic carbocycles. The Kier molecular flexibility index (Phi) is 6.75. The number of hydrogen-bond donors (Lipinski definition) is 2. The van der Waals surface area contributed by atoms with Crippen molar-refractivity contribution >= 4 is 29.3 Å². The van der Waals surface area contributed by atoms with Crippen molar-refractivity contribution in [1.29, 1.82) is 0 Å². The third kappa shape index (κ3) is 4.75. The molecule has 1 aromatic heterocycles. The first kappa shape index (κ1) is 20.4. The van der Waals surface area contributed by atoms with Crippen molar-refractivity contribution in [2.45, 2.75) is 43.1 Å². The second kappa shape index (κ2) is 9.26. The van der Waals surface area contributed by atoms with Gasteiger partial charge in [0, 0.05) is 16.3 Å². The van der Waals surface area contributed by atoms with Gasteiger partial charge in [0.1, 0.15) is 6.33 Å². The molecule has 5 nitrogen and oxygen atoms in total. The zero-order valence-corrected chi connectivity index (χ0v) is 17.5. The molecular formula is C21H23ClN4OS. The zero-order chi connectivity index (χ0) is 20.0. The fraction of sp³-hybridized carbons (Fsp3) is 0.286. The summed E-state index contributed by atoms with van der Waals surface area (Å²) < 4.78 is 0. The Balaban J connectivity index is 1.70. The largest absolute Gasteiger partial charge is 0.343 e. The van der Waals surface area contributed by atoms with Gasteiger partial charge < -0.3 is 5.32 Å². The van der Waals surface area contributed by atoms with Crippen molar-refractivity contribution in [2.24, 2.45) is 0 Å². The smallest absolute Gasteiger partial charge is 0.251 e. The molecule has 0 fully saturated rings. The first-order valence-corrected chi connectivity index (χ1v) is 10.6. The molecule has 1 amide bonds. The number of benzene rings is 2. The average molecular weight is 415 g/mol. The number of carbonyl (C=O) groups is 1. The van der Waals surface area contributed by atoms with Crippen LogP contribution in [0.5, 0.6) is 0 Å². The summed E-state index contributed by atoms with van der Waals surface area (Å²) in [5.41, 5.74) is 2.42. The third-order valence-corrected chi connectivity index (χ3v) is 6.14. The minimum atomic E-state index is -0.414. The molecule has 2 N–H and O–H groups in total. The molecule has 0 unspecified atom stereocenters. The van der Waals surface area contributed by atoms with Gasteiger partial charge >= 0.3 is 0 Å². The molecular weight excluding hydrogens is 392 g/mol. The second-order valence-corrected chi connectivity index (χ2v) is 7.93. The fourth-order valence-corrected chi connectivity index (χ4v) is 3.99. The van der Waals surface area contributed by atoms with E-state index in [1.165, 1.54) is 6.33 Å². The van der Waals surface area contributed by atoms with Gasteiger partial charge in [-0.15, -0.1) is 0 Å². The Labute approximate surface area is 174 Å². The molecule has 0 spiro atoms. The highest BCUT2D eigenvalue weighted by atomic mass is 35.5. The second-order valence-electron chi connectivity index (χ2n) is 6.53. The average Bonchev–Trinajstić information content (AvgIpc) is 3.25.